The van der Waals surface area contributed by atoms with Gasteiger partial charge in [0.05, 0.1) is 0 Å². The summed E-state index contributed by atoms with van der Waals surface area (Å²) in [5, 5.41) is 3.95. The van der Waals surface area contributed by atoms with Gasteiger partial charge < -0.3 is 10.2 Å². The molecule has 3 aromatic rings. The summed E-state index contributed by atoms with van der Waals surface area (Å²) in [5.74, 6) is -0.323. The lowest BCUT2D eigenvalue weighted by Gasteiger charge is -2.32. The molecule has 1 N–H and O–H groups in total. The first kappa shape index (κ1) is 29.7. The molecule has 202 valence electrons. The molecule has 0 fully saturated rings. The summed E-state index contributed by atoms with van der Waals surface area (Å²) in [6.45, 7) is 10.5. The van der Waals surface area contributed by atoms with Crippen molar-refractivity contribution >= 4 is 35.0 Å². The molecule has 2 amide bonds. The van der Waals surface area contributed by atoms with Crippen molar-refractivity contribution in [1.29, 1.82) is 0 Å². The lowest BCUT2D eigenvalue weighted by molar-refractivity contribution is -0.141. The summed E-state index contributed by atoms with van der Waals surface area (Å²) in [7, 11) is 0. The number of hydrogen-bond donors (Lipinski definition) is 1. The lowest BCUT2D eigenvalue weighted by atomic mass is 9.86. The molecule has 0 radical (unpaired) electrons. The third kappa shape index (κ3) is 8.34. The van der Waals surface area contributed by atoms with Gasteiger partial charge in [-0.2, -0.15) is 0 Å². The van der Waals surface area contributed by atoms with E-state index in [9.17, 15) is 9.59 Å². The van der Waals surface area contributed by atoms with E-state index >= 15 is 0 Å². The van der Waals surface area contributed by atoms with Crippen LogP contribution in [0.15, 0.2) is 72.8 Å². The van der Waals surface area contributed by atoms with E-state index in [2.05, 4.69) is 50.4 Å². The molecule has 0 saturated heterocycles. The lowest BCUT2D eigenvalue weighted by Crippen LogP contribution is -2.51. The molecule has 0 aliphatic rings. The number of rotatable bonds is 10. The van der Waals surface area contributed by atoms with Gasteiger partial charge in [0.2, 0.25) is 11.8 Å². The summed E-state index contributed by atoms with van der Waals surface area (Å²) in [6.07, 6.45) is 1.21. The third-order valence-electron chi connectivity index (χ3n) is 6.54. The Labute approximate surface area is 237 Å². The quantitative estimate of drug-likeness (QED) is 0.285. The topological polar surface area (TPSA) is 49.4 Å². The number of halogens is 2. The van der Waals surface area contributed by atoms with Crippen molar-refractivity contribution in [2.24, 2.45) is 0 Å². The van der Waals surface area contributed by atoms with Gasteiger partial charge in [0, 0.05) is 41.0 Å². The minimum absolute atomic E-state index is 0.0633. The minimum Gasteiger partial charge on any atom is -0.352 e. The molecule has 4 nitrogen and oxygen atoms in total. The van der Waals surface area contributed by atoms with Gasteiger partial charge in [0.25, 0.3) is 0 Å². The number of aryl methyl sites for hydroxylation is 1. The highest BCUT2D eigenvalue weighted by atomic mass is 35.5. The van der Waals surface area contributed by atoms with Crippen molar-refractivity contribution in [1.82, 2.24) is 10.2 Å². The third-order valence-corrected chi connectivity index (χ3v) is 7.25. The fourth-order valence-electron chi connectivity index (χ4n) is 4.35. The molecule has 0 spiro atoms. The number of nitrogens with zero attached hydrogens (tertiary/aromatic N) is 1. The van der Waals surface area contributed by atoms with E-state index in [0.29, 0.717) is 28.5 Å². The second kappa shape index (κ2) is 13.3. The Morgan fingerprint density at radius 1 is 0.842 bits per heavy atom. The maximum atomic E-state index is 13.9. The minimum atomic E-state index is -0.720. The highest BCUT2D eigenvalue weighted by Gasteiger charge is 2.31. The van der Waals surface area contributed by atoms with E-state index < -0.39 is 6.04 Å². The van der Waals surface area contributed by atoms with Crippen LogP contribution >= 0.6 is 23.2 Å². The Morgan fingerprint density at radius 2 is 1.45 bits per heavy atom. The highest BCUT2D eigenvalue weighted by molar-refractivity contribution is 6.36. The monoisotopic (exact) mass is 552 g/mol. The normalized spacial score (nSPS) is 12.3. The summed E-state index contributed by atoms with van der Waals surface area (Å²) in [6, 6.07) is 22.6. The fraction of sp³-hybridized carbons (Fsp3) is 0.375. The van der Waals surface area contributed by atoms with E-state index in [1.54, 1.807) is 23.1 Å². The summed E-state index contributed by atoms with van der Waals surface area (Å²) in [4.78, 5) is 29.0. The zero-order valence-electron chi connectivity index (χ0n) is 22.9. The molecule has 1 atom stereocenters. The number of benzene rings is 3. The van der Waals surface area contributed by atoms with Gasteiger partial charge in [-0.1, -0.05) is 105 Å². The largest absolute Gasteiger partial charge is 0.352 e. The van der Waals surface area contributed by atoms with Crippen LogP contribution < -0.4 is 5.32 Å². The van der Waals surface area contributed by atoms with Crippen LogP contribution in [0.4, 0.5) is 0 Å². The first-order valence-electron chi connectivity index (χ1n) is 13.1. The van der Waals surface area contributed by atoms with Crippen molar-refractivity contribution in [3.63, 3.8) is 0 Å². The molecule has 0 aromatic heterocycles. The maximum Gasteiger partial charge on any atom is 0.243 e. The Balaban J connectivity index is 1.92. The number of nitrogens with one attached hydrogen (secondary N) is 1. The average molecular weight is 554 g/mol. The SMILES string of the molecule is CC(C)NC(=O)[C@H](Cc1ccccc1)N(Cc1c(Cl)cccc1Cl)C(=O)CCc1ccc(C(C)(C)C)cc1. The van der Waals surface area contributed by atoms with Crippen LogP contribution in [0.5, 0.6) is 0 Å². The molecule has 6 heteroatoms. The number of carbonyl (C=O) groups excluding carboxylic acids is 2. The molecule has 3 rings (SSSR count). The molecule has 3 aromatic carbocycles. The second-order valence-electron chi connectivity index (χ2n) is 11.0. The van der Waals surface area contributed by atoms with Crippen LogP contribution in [0.25, 0.3) is 0 Å². The van der Waals surface area contributed by atoms with E-state index in [1.165, 1.54) is 5.56 Å². The molecule has 0 saturated carbocycles. The predicted octanol–water partition coefficient (Wildman–Crippen LogP) is 7.39. The summed E-state index contributed by atoms with van der Waals surface area (Å²) < 4.78 is 0. The van der Waals surface area contributed by atoms with Crippen LogP contribution in [0.2, 0.25) is 10.0 Å². The molecular formula is C32H38Cl2N2O2. The van der Waals surface area contributed by atoms with Gasteiger partial charge in [-0.15, -0.1) is 0 Å². The van der Waals surface area contributed by atoms with E-state index in [-0.39, 0.29) is 36.2 Å². The highest BCUT2D eigenvalue weighted by Crippen LogP contribution is 2.28. The van der Waals surface area contributed by atoms with Crippen LogP contribution in [0.3, 0.4) is 0 Å². The maximum absolute atomic E-state index is 13.9. The summed E-state index contributed by atoms with van der Waals surface area (Å²) in [5.41, 5.74) is 3.99. The van der Waals surface area contributed by atoms with Crippen molar-refractivity contribution in [3.8, 4) is 0 Å². The second-order valence-corrected chi connectivity index (χ2v) is 11.9. The van der Waals surface area contributed by atoms with Crippen LogP contribution in [0, 0.1) is 0 Å². The molecule has 0 aliphatic heterocycles. The van der Waals surface area contributed by atoms with Crippen LogP contribution in [-0.2, 0) is 34.4 Å². The van der Waals surface area contributed by atoms with Gasteiger partial charge in [0.15, 0.2) is 0 Å². The Morgan fingerprint density at radius 3 is 2.00 bits per heavy atom. The van der Waals surface area contributed by atoms with Crippen molar-refractivity contribution < 1.29 is 9.59 Å². The van der Waals surface area contributed by atoms with Crippen LogP contribution in [-0.4, -0.2) is 28.8 Å². The van der Waals surface area contributed by atoms with Crippen molar-refractivity contribution in [2.45, 2.75) is 77.9 Å². The molecule has 0 aliphatic carbocycles. The zero-order valence-corrected chi connectivity index (χ0v) is 24.4. The molecular weight excluding hydrogens is 515 g/mol. The first-order valence-corrected chi connectivity index (χ1v) is 13.9. The molecule has 0 bridgehead atoms. The molecule has 0 heterocycles. The van der Waals surface area contributed by atoms with Crippen molar-refractivity contribution in [3.05, 3.63) is 105 Å². The van der Waals surface area contributed by atoms with Crippen molar-refractivity contribution in [2.75, 3.05) is 0 Å². The van der Waals surface area contributed by atoms with E-state index in [1.807, 2.05) is 44.2 Å². The van der Waals surface area contributed by atoms with E-state index in [4.69, 9.17) is 23.2 Å². The van der Waals surface area contributed by atoms with Gasteiger partial charge in [-0.25, -0.2) is 0 Å². The number of hydrogen-bond acceptors (Lipinski definition) is 2. The average Bonchev–Trinajstić information content (AvgIpc) is 2.86. The first-order chi connectivity index (χ1) is 18.0. The zero-order chi connectivity index (χ0) is 27.9. The van der Waals surface area contributed by atoms with Crippen LogP contribution in [0.1, 0.15) is 63.3 Å². The summed E-state index contributed by atoms with van der Waals surface area (Å²) >= 11 is 13.0. The van der Waals surface area contributed by atoms with Gasteiger partial charge in [-0.05, 0) is 54.5 Å². The fourth-order valence-corrected chi connectivity index (χ4v) is 4.87. The number of amides is 2. The Bertz CT molecular complexity index is 1200. The predicted molar refractivity (Wildman–Crippen MR) is 158 cm³/mol. The molecule has 0 unspecified atom stereocenters. The number of carbonyl (C=O) groups is 2. The molecule has 38 heavy (non-hydrogen) atoms. The van der Waals surface area contributed by atoms with Gasteiger partial charge >= 0.3 is 0 Å². The van der Waals surface area contributed by atoms with E-state index in [0.717, 1.165) is 11.1 Å². The Kier molecular flexibility index (Phi) is 10.4. The Hall–Kier alpha value is -2.82. The van der Waals surface area contributed by atoms with Gasteiger partial charge in [-0.3, -0.25) is 9.59 Å². The van der Waals surface area contributed by atoms with Gasteiger partial charge in [0.1, 0.15) is 6.04 Å². The smallest absolute Gasteiger partial charge is 0.243 e. The standard InChI is InChI=1S/C32H38Cl2N2O2/c1-22(2)35-31(38)29(20-24-10-7-6-8-11-24)36(21-26-27(33)12-9-13-28(26)34)30(37)19-16-23-14-17-25(18-15-23)32(3,4)5/h6-15,17-18,22,29H,16,19-21H2,1-5H3,(H,35,38)/t29-/m0/s1.